The van der Waals surface area contributed by atoms with Crippen molar-refractivity contribution in [3.8, 4) is 0 Å². The molecular weight excluding hydrogens is 186 g/mol. The van der Waals surface area contributed by atoms with Crippen molar-refractivity contribution in [1.29, 1.82) is 0 Å². The van der Waals surface area contributed by atoms with Crippen LogP contribution in [-0.2, 0) is 0 Å². The summed E-state index contributed by atoms with van der Waals surface area (Å²) in [5.74, 6) is 1.18. The normalized spacial score (nSPS) is 13.1. The van der Waals surface area contributed by atoms with Gasteiger partial charge in [-0.3, -0.25) is 4.98 Å². The number of aromatic nitrogens is 1. The second-order valence-corrected chi connectivity index (χ2v) is 3.42. The van der Waals surface area contributed by atoms with E-state index in [4.69, 9.17) is 4.42 Å². The fourth-order valence-corrected chi connectivity index (χ4v) is 1.37. The topological polar surface area (TPSA) is 26.0 Å². The molecule has 0 saturated heterocycles. The van der Waals surface area contributed by atoms with E-state index in [2.05, 4.69) is 18.0 Å². The average molecular weight is 199 g/mol. The van der Waals surface area contributed by atoms with Gasteiger partial charge < -0.3 is 4.42 Å². The maximum Gasteiger partial charge on any atom is 0.126 e. The fraction of sp³-hybridized carbons (Fsp3) is 0.154. The zero-order chi connectivity index (χ0) is 10.5. The van der Waals surface area contributed by atoms with Crippen molar-refractivity contribution < 1.29 is 4.42 Å². The van der Waals surface area contributed by atoms with Gasteiger partial charge in [-0.05, 0) is 30.3 Å². The maximum absolute atomic E-state index is 5.21. The summed E-state index contributed by atoms with van der Waals surface area (Å²) in [6.45, 7) is 2.11. The molecule has 2 aromatic heterocycles. The summed E-state index contributed by atoms with van der Waals surface area (Å²) in [5, 5.41) is 0. The SMILES string of the molecule is C[C@H](/C=C/c1ccco1)c1ccccn1. The first-order valence-corrected chi connectivity index (χ1v) is 4.99. The number of hydrogen-bond acceptors (Lipinski definition) is 2. The van der Waals surface area contributed by atoms with Crippen molar-refractivity contribution in [2.24, 2.45) is 0 Å². The first-order valence-electron chi connectivity index (χ1n) is 4.99. The Hall–Kier alpha value is -1.83. The highest BCUT2D eigenvalue weighted by molar-refractivity contribution is 5.44. The molecule has 0 spiro atoms. The Bertz CT molecular complexity index is 417. The maximum atomic E-state index is 5.21. The van der Waals surface area contributed by atoms with E-state index < -0.39 is 0 Å². The van der Waals surface area contributed by atoms with Gasteiger partial charge in [-0.25, -0.2) is 0 Å². The Morgan fingerprint density at radius 2 is 2.20 bits per heavy atom. The molecule has 76 valence electrons. The third-order valence-corrected chi connectivity index (χ3v) is 2.25. The average Bonchev–Trinajstić information content (AvgIpc) is 2.80. The molecule has 0 radical (unpaired) electrons. The molecule has 2 aromatic rings. The highest BCUT2D eigenvalue weighted by Crippen LogP contribution is 2.15. The summed E-state index contributed by atoms with van der Waals surface area (Å²) in [6.07, 6.45) is 7.54. The lowest BCUT2D eigenvalue weighted by molar-refractivity contribution is 0.556. The van der Waals surface area contributed by atoms with E-state index in [-0.39, 0.29) is 0 Å². The predicted octanol–water partition coefficient (Wildman–Crippen LogP) is 3.49. The Kier molecular flexibility index (Phi) is 2.98. The van der Waals surface area contributed by atoms with Crippen LogP contribution in [0.25, 0.3) is 6.08 Å². The van der Waals surface area contributed by atoms with Crippen molar-refractivity contribution >= 4 is 6.08 Å². The molecule has 1 atom stereocenters. The highest BCUT2D eigenvalue weighted by Gasteiger charge is 2.01. The van der Waals surface area contributed by atoms with Crippen molar-refractivity contribution in [1.82, 2.24) is 4.98 Å². The first kappa shape index (κ1) is 9.71. The molecule has 15 heavy (non-hydrogen) atoms. The van der Waals surface area contributed by atoms with Gasteiger partial charge in [0.05, 0.1) is 6.26 Å². The van der Waals surface area contributed by atoms with E-state index in [1.54, 1.807) is 6.26 Å². The van der Waals surface area contributed by atoms with E-state index in [0.717, 1.165) is 11.5 Å². The van der Waals surface area contributed by atoms with Gasteiger partial charge in [0.15, 0.2) is 0 Å². The van der Waals surface area contributed by atoms with E-state index in [1.165, 1.54) is 0 Å². The summed E-state index contributed by atoms with van der Waals surface area (Å²) >= 11 is 0. The molecule has 2 heteroatoms. The van der Waals surface area contributed by atoms with Gasteiger partial charge in [-0.15, -0.1) is 0 Å². The Balaban J connectivity index is 2.07. The number of allylic oxidation sites excluding steroid dienone is 1. The second-order valence-electron chi connectivity index (χ2n) is 3.42. The van der Waals surface area contributed by atoms with E-state index in [9.17, 15) is 0 Å². The van der Waals surface area contributed by atoms with Gasteiger partial charge in [0.25, 0.3) is 0 Å². The number of pyridine rings is 1. The van der Waals surface area contributed by atoms with Crippen LogP contribution in [0.4, 0.5) is 0 Å². The van der Waals surface area contributed by atoms with Gasteiger partial charge in [-0.1, -0.05) is 19.1 Å². The largest absolute Gasteiger partial charge is 0.465 e. The van der Waals surface area contributed by atoms with Crippen LogP contribution in [0.15, 0.2) is 53.3 Å². The van der Waals surface area contributed by atoms with Gasteiger partial charge in [0.1, 0.15) is 5.76 Å². The minimum absolute atomic E-state index is 0.302. The zero-order valence-corrected chi connectivity index (χ0v) is 8.63. The lowest BCUT2D eigenvalue weighted by atomic mass is 10.1. The van der Waals surface area contributed by atoms with Crippen LogP contribution in [0.2, 0.25) is 0 Å². The molecule has 0 saturated carbocycles. The molecule has 0 N–H and O–H groups in total. The number of furan rings is 1. The highest BCUT2D eigenvalue weighted by atomic mass is 16.3. The van der Waals surface area contributed by atoms with Crippen molar-refractivity contribution in [2.75, 3.05) is 0 Å². The fourth-order valence-electron chi connectivity index (χ4n) is 1.37. The van der Waals surface area contributed by atoms with Crippen LogP contribution in [0, 0.1) is 0 Å². The lowest BCUT2D eigenvalue weighted by Crippen LogP contribution is -1.91. The van der Waals surface area contributed by atoms with Crippen LogP contribution in [0.1, 0.15) is 24.3 Å². The Morgan fingerprint density at radius 3 is 2.87 bits per heavy atom. The Morgan fingerprint density at radius 1 is 1.27 bits per heavy atom. The lowest BCUT2D eigenvalue weighted by Gasteiger charge is -2.03. The predicted molar refractivity (Wildman–Crippen MR) is 60.4 cm³/mol. The minimum Gasteiger partial charge on any atom is -0.465 e. The molecule has 0 aliphatic carbocycles. The molecule has 0 fully saturated rings. The molecule has 0 bridgehead atoms. The van der Waals surface area contributed by atoms with Crippen LogP contribution in [0.5, 0.6) is 0 Å². The standard InChI is InChI=1S/C13H13NO/c1-11(13-6-2-3-9-14-13)7-8-12-5-4-10-15-12/h2-11H,1H3/b8-7+/t11-/m1/s1. The van der Waals surface area contributed by atoms with E-state index in [1.807, 2.05) is 42.6 Å². The summed E-state index contributed by atoms with van der Waals surface area (Å²) < 4.78 is 5.21. The molecule has 2 rings (SSSR count). The molecule has 2 nitrogen and oxygen atoms in total. The van der Waals surface area contributed by atoms with Crippen molar-refractivity contribution in [2.45, 2.75) is 12.8 Å². The van der Waals surface area contributed by atoms with Crippen LogP contribution in [0.3, 0.4) is 0 Å². The summed E-state index contributed by atoms with van der Waals surface area (Å²) in [5.41, 5.74) is 1.07. The first-order chi connectivity index (χ1) is 7.36. The smallest absolute Gasteiger partial charge is 0.126 e. The van der Waals surface area contributed by atoms with Gasteiger partial charge >= 0.3 is 0 Å². The number of rotatable bonds is 3. The molecule has 0 amide bonds. The summed E-state index contributed by atoms with van der Waals surface area (Å²) in [7, 11) is 0. The summed E-state index contributed by atoms with van der Waals surface area (Å²) in [4.78, 5) is 4.30. The molecule has 0 aromatic carbocycles. The molecular formula is C13H13NO. The van der Waals surface area contributed by atoms with Crippen LogP contribution < -0.4 is 0 Å². The molecule has 0 aliphatic heterocycles. The van der Waals surface area contributed by atoms with E-state index >= 15 is 0 Å². The van der Waals surface area contributed by atoms with Crippen molar-refractivity contribution in [3.63, 3.8) is 0 Å². The number of hydrogen-bond donors (Lipinski definition) is 0. The minimum atomic E-state index is 0.302. The third kappa shape index (κ3) is 2.56. The molecule has 0 unspecified atom stereocenters. The van der Waals surface area contributed by atoms with Crippen LogP contribution in [-0.4, -0.2) is 4.98 Å². The Labute approximate surface area is 89.3 Å². The molecule has 2 heterocycles. The third-order valence-electron chi connectivity index (χ3n) is 2.25. The summed E-state index contributed by atoms with van der Waals surface area (Å²) in [6, 6.07) is 9.76. The van der Waals surface area contributed by atoms with Crippen molar-refractivity contribution in [3.05, 3.63) is 60.3 Å². The quantitative estimate of drug-likeness (QED) is 0.756. The zero-order valence-electron chi connectivity index (χ0n) is 8.63. The number of nitrogens with zero attached hydrogens (tertiary/aromatic N) is 1. The van der Waals surface area contributed by atoms with Gasteiger partial charge in [-0.2, -0.15) is 0 Å². The monoisotopic (exact) mass is 199 g/mol. The molecule has 0 aliphatic rings. The van der Waals surface area contributed by atoms with Gasteiger partial charge in [0, 0.05) is 17.8 Å². The van der Waals surface area contributed by atoms with Crippen LogP contribution >= 0.6 is 0 Å². The van der Waals surface area contributed by atoms with E-state index in [0.29, 0.717) is 5.92 Å². The second kappa shape index (κ2) is 4.60. The van der Waals surface area contributed by atoms with Gasteiger partial charge in [0.2, 0.25) is 0 Å².